The van der Waals surface area contributed by atoms with Crippen LogP contribution in [0.4, 0.5) is 0 Å². The molecule has 0 bridgehead atoms. The molecule has 4 nitrogen and oxygen atoms in total. The van der Waals surface area contributed by atoms with E-state index in [0.717, 1.165) is 17.6 Å². The molecule has 0 saturated heterocycles. The van der Waals surface area contributed by atoms with Crippen LogP contribution < -0.4 is 4.74 Å². The maximum Gasteiger partial charge on any atom is 0.174 e. The van der Waals surface area contributed by atoms with Gasteiger partial charge in [-0.05, 0) is 11.6 Å². The molecule has 0 amide bonds. The number of hydrogen-bond donors (Lipinski definition) is 0. The minimum atomic E-state index is -3.09. The van der Waals surface area contributed by atoms with Gasteiger partial charge in [-0.15, -0.1) is 0 Å². The zero-order chi connectivity index (χ0) is 12.5. The number of sulfone groups is 1. The average molecular weight is 254 g/mol. The lowest BCUT2D eigenvalue weighted by molar-refractivity contribution is -0.124. The molecule has 1 aliphatic heterocycles. The van der Waals surface area contributed by atoms with Crippen molar-refractivity contribution in [1.82, 2.24) is 0 Å². The summed E-state index contributed by atoms with van der Waals surface area (Å²) in [5.41, 5.74) is 1.00. The van der Waals surface area contributed by atoms with E-state index in [1.165, 1.54) is 0 Å². The number of ether oxygens (including phenoxy) is 1. The van der Waals surface area contributed by atoms with Gasteiger partial charge in [-0.25, -0.2) is 8.42 Å². The molecule has 2 rings (SSSR count). The number of para-hydroxylation sites is 1. The summed E-state index contributed by atoms with van der Waals surface area (Å²) in [4.78, 5) is 11.8. The Balaban J connectivity index is 1.97. The summed E-state index contributed by atoms with van der Waals surface area (Å²) in [6, 6.07) is 7.48. The standard InChI is InChI=1S/C12H14O4S/c1-17(14,15)7-6-10(13)12-8-9-4-2-3-5-11(9)16-12/h2-5,12H,6-8H2,1H3. The predicted octanol–water partition coefficient (Wildman–Crippen LogP) is 0.994. The van der Waals surface area contributed by atoms with Crippen LogP contribution in [0.25, 0.3) is 0 Å². The Morgan fingerprint density at radius 1 is 1.41 bits per heavy atom. The van der Waals surface area contributed by atoms with Crippen LogP contribution in [0.2, 0.25) is 0 Å². The summed E-state index contributed by atoms with van der Waals surface area (Å²) in [6.45, 7) is 0. The van der Waals surface area contributed by atoms with Crippen molar-refractivity contribution in [1.29, 1.82) is 0 Å². The van der Waals surface area contributed by atoms with E-state index in [1.54, 1.807) is 0 Å². The van der Waals surface area contributed by atoms with Crippen molar-refractivity contribution >= 4 is 15.6 Å². The molecule has 0 N–H and O–H groups in total. The third-order valence-corrected chi connectivity index (χ3v) is 3.67. The number of carbonyl (C=O) groups excluding carboxylic acids is 1. The molecule has 17 heavy (non-hydrogen) atoms. The van der Waals surface area contributed by atoms with E-state index in [0.29, 0.717) is 6.42 Å². The summed E-state index contributed by atoms with van der Waals surface area (Å²) in [5, 5.41) is 0. The van der Waals surface area contributed by atoms with Crippen LogP contribution in [0.5, 0.6) is 5.75 Å². The van der Waals surface area contributed by atoms with Gasteiger partial charge < -0.3 is 4.74 Å². The van der Waals surface area contributed by atoms with Crippen LogP contribution in [0.3, 0.4) is 0 Å². The highest BCUT2D eigenvalue weighted by Crippen LogP contribution is 2.28. The number of ketones is 1. The highest BCUT2D eigenvalue weighted by molar-refractivity contribution is 7.90. The van der Waals surface area contributed by atoms with Gasteiger partial charge in [0.05, 0.1) is 5.75 Å². The first-order chi connectivity index (χ1) is 7.96. The Morgan fingerprint density at radius 3 is 2.76 bits per heavy atom. The van der Waals surface area contributed by atoms with Crippen molar-refractivity contribution in [3.63, 3.8) is 0 Å². The summed E-state index contributed by atoms with van der Waals surface area (Å²) >= 11 is 0. The van der Waals surface area contributed by atoms with Crippen molar-refractivity contribution < 1.29 is 17.9 Å². The normalized spacial score (nSPS) is 18.5. The lowest BCUT2D eigenvalue weighted by Crippen LogP contribution is -2.27. The summed E-state index contributed by atoms with van der Waals surface area (Å²) < 4.78 is 27.4. The van der Waals surface area contributed by atoms with Crippen LogP contribution in [0.15, 0.2) is 24.3 Å². The highest BCUT2D eigenvalue weighted by Gasteiger charge is 2.28. The number of rotatable bonds is 4. The Labute approximate surface area is 101 Å². The molecule has 5 heteroatoms. The molecule has 0 aromatic heterocycles. The number of carbonyl (C=O) groups is 1. The lowest BCUT2D eigenvalue weighted by Gasteiger charge is -2.08. The third-order valence-electron chi connectivity index (χ3n) is 2.73. The van der Waals surface area contributed by atoms with Gasteiger partial charge in [0.1, 0.15) is 15.6 Å². The second-order valence-electron chi connectivity index (χ2n) is 4.26. The number of Topliss-reactive ketones (excluding diaryl/α,β-unsaturated/α-hetero) is 1. The topological polar surface area (TPSA) is 60.4 Å². The molecule has 1 aromatic rings. The van der Waals surface area contributed by atoms with Crippen molar-refractivity contribution in [2.24, 2.45) is 0 Å². The van der Waals surface area contributed by atoms with E-state index in [9.17, 15) is 13.2 Å². The van der Waals surface area contributed by atoms with E-state index in [-0.39, 0.29) is 18.0 Å². The zero-order valence-corrected chi connectivity index (χ0v) is 10.4. The fourth-order valence-corrected chi connectivity index (χ4v) is 2.38. The van der Waals surface area contributed by atoms with Crippen LogP contribution in [-0.4, -0.2) is 32.3 Å². The molecule has 92 valence electrons. The fourth-order valence-electron chi connectivity index (χ4n) is 1.81. The molecule has 0 saturated carbocycles. The predicted molar refractivity (Wildman–Crippen MR) is 63.9 cm³/mol. The Kier molecular flexibility index (Phi) is 3.19. The van der Waals surface area contributed by atoms with Crippen molar-refractivity contribution in [2.75, 3.05) is 12.0 Å². The molecule has 0 aliphatic carbocycles. The van der Waals surface area contributed by atoms with Crippen LogP contribution in [0, 0.1) is 0 Å². The first-order valence-corrected chi connectivity index (χ1v) is 7.47. The molecule has 0 fully saturated rings. The molecule has 0 radical (unpaired) electrons. The van der Waals surface area contributed by atoms with Gasteiger partial charge in [-0.3, -0.25) is 4.79 Å². The average Bonchev–Trinajstić information content (AvgIpc) is 2.68. The van der Waals surface area contributed by atoms with Gasteiger partial charge in [-0.2, -0.15) is 0 Å². The van der Waals surface area contributed by atoms with E-state index < -0.39 is 15.9 Å². The molecule has 1 aromatic carbocycles. The number of hydrogen-bond acceptors (Lipinski definition) is 4. The van der Waals surface area contributed by atoms with Crippen molar-refractivity contribution in [2.45, 2.75) is 18.9 Å². The van der Waals surface area contributed by atoms with E-state index in [4.69, 9.17) is 4.74 Å². The molecular weight excluding hydrogens is 240 g/mol. The van der Waals surface area contributed by atoms with E-state index >= 15 is 0 Å². The van der Waals surface area contributed by atoms with Crippen molar-refractivity contribution in [3.05, 3.63) is 29.8 Å². The van der Waals surface area contributed by atoms with Crippen LogP contribution in [-0.2, 0) is 21.1 Å². The van der Waals surface area contributed by atoms with Gasteiger partial charge in [0.15, 0.2) is 11.9 Å². The Hall–Kier alpha value is -1.36. The minimum absolute atomic E-state index is 0.0253. The van der Waals surface area contributed by atoms with Gasteiger partial charge in [0.2, 0.25) is 0 Å². The smallest absolute Gasteiger partial charge is 0.174 e. The van der Waals surface area contributed by atoms with Crippen molar-refractivity contribution in [3.8, 4) is 5.75 Å². The summed E-state index contributed by atoms with van der Waals surface area (Å²) in [5.74, 6) is 0.471. The fraction of sp³-hybridized carbons (Fsp3) is 0.417. The molecule has 1 atom stereocenters. The molecule has 0 spiro atoms. The summed E-state index contributed by atoms with van der Waals surface area (Å²) in [6.07, 6.45) is 1.18. The van der Waals surface area contributed by atoms with Gasteiger partial charge in [-0.1, -0.05) is 18.2 Å². The van der Waals surface area contributed by atoms with E-state index in [1.807, 2.05) is 24.3 Å². The third kappa shape index (κ3) is 3.06. The Bertz CT molecular complexity index is 508. The SMILES string of the molecule is CS(=O)(=O)CCC(=O)C1Cc2ccccc2O1. The lowest BCUT2D eigenvalue weighted by atomic mass is 10.1. The first-order valence-electron chi connectivity index (χ1n) is 5.41. The van der Waals surface area contributed by atoms with Gasteiger partial charge in [0.25, 0.3) is 0 Å². The number of fused-ring (bicyclic) bond motifs is 1. The monoisotopic (exact) mass is 254 g/mol. The van der Waals surface area contributed by atoms with Crippen LogP contribution >= 0.6 is 0 Å². The van der Waals surface area contributed by atoms with Gasteiger partial charge >= 0.3 is 0 Å². The van der Waals surface area contributed by atoms with Gasteiger partial charge in [0, 0.05) is 19.1 Å². The first kappa shape index (κ1) is 12.1. The molecule has 1 unspecified atom stereocenters. The summed E-state index contributed by atoms with van der Waals surface area (Å²) in [7, 11) is -3.09. The van der Waals surface area contributed by atoms with Crippen LogP contribution in [0.1, 0.15) is 12.0 Å². The molecule has 1 heterocycles. The maximum atomic E-state index is 11.8. The second-order valence-corrected chi connectivity index (χ2v) is 6.52. The quantitative estimate of drug-likeness (QED) is 0.804. The molecule has 1 aliphatic rings. The highest BCUT2D eigenvalue weighted by atomic mass is 32.2. The minimum Gasteiger partial charge on any atom is -0.482 e. The zero-order valence-electron chi connectivity index (χ0n) is 9.55. The second kappa shape index (κ2) is 4.49. The number of benzene rings is 1. The molecular formula is C12H14O4S. The Morgan fingerprint density at radius 2 is 2.12 bits per heavy atom. The van der Waals surface area contributed by atoms with E-state index in [2.05, 4.69) is 0 Å². The maximum absolute atomic E-state index is 11.8. The largest absolute Gasteiger partial charge is 0.482 e.